The van der Waals surface area contributed by atoms with E-state index < -0.39 is 5.97 Å². The third-order valence-corrected chi connectivity index (χ3v) is 5.00. The number of piperidine rings is 1. The molecule has 0 radical (unpaired) electrons. The summed E-state index contributed by atoms with van der Waals surface area (Å²) in [5.74, 6) is 0.518. The summed E-state index contributed by atoms with van der Waals surface area (Å²) >= 11 is 0. The SMILES string of the molecule is CC(C)COc1ccccc1C(CC(C)C)NC(=O)N1CCC(C(=O)O)CC1. The number of nitrogens with one attached hydrogen (secondary N) is 1. The number of likely N-dealkylation sites (tertiary alicyclic amines) is 1. The Kier molecular flexibility index (Phi) is 8.15. The molecule has 6 heteroatoms. The van der Waals surface area contributed by atoms with E-state index in [9.17, 15) is 9.59 Å². The van der Waals surface area contributed by atoms with Crippen LogP contribution in [0.1, 0.15) is 58.6 Å². The summed E-state index contributed by atoms with van der Waals surface area (Å²) in [5.41, 5.74) is 0.991. The lowest BCUT2D eigenvalue weighted by Gasteiger charge is -2.32. The Balaban J connectivity index is 2.10. The van der Waals surface area contributed by atoms with Gasteiger partial charge in [-0.05, 0) is 37.2 Å². The summed E-state index contributed by atoms with van der Waals surface area (Å²) in [6, 6.07) is 7.61. The third-order valence-electron chi connectivity index (χ3n) is 5.00. The molecule has 1 aromatic carbocycles. The van der Waals surface area contributed by atoms with Crippen LogP contribution in [0.3, 0.4) is 0 Å². The predicted octanol–water partition coefficient (Wildman–Crippen LogP) is 4.31. The van der Waals surface area contributed by atoms with Gasteiger partial charge in [0.15, 0.2) is 0 Å². The van der Waals surface area contributed by atoms with Gasteiger partial charge in [0.2, 0.25) is 0 Å². The molecular weight excluding hydrogens is 356 g/mol. The van der Waals surface area contributed by atoms with E-state index in [-0.39, 0.29) is 18.0 Å². The molecule has 2 amide bonds. The van der Waals surface area contributed by atoms with Gasteiger partial charge in [0.05, 0.1) is 18.6 Å². The summed E-state index contributed by atoms with van der Waals surface area (Å²) < 4.78 is 6.00. The first-order valence-corrected chi connectivity index (χ1v) is 10.3. The Labute approximate surface area is 168 Å². The molecule has 1 unspecified atom stereocenters. The van der Waals surface area contributed by atoms with Crippen molar-refractivity contribution in [3.05, 3.63) is 29.8 Å². The molecular formula is C22H34N2O4. The number of carboxylic acid groups (broad SMARTS) is 1. The Hall–Kier alpha value is -2.24. The van der Waals surface area contributed by atoms with E-state index in [2.05, 4.69) is 33.0 Å². The van der Waals surface area contributed by atoms with Gasteiger partial charge in [0, 0.05) is 18.7 Å². The Morgan fingerprint density at radius 3 is 2.36 bits per heavy atom. The van der Waals surface area contributed by atoms with Crippen molar-refractivity contribution in [2.45, 2.75) is 53.0 Å². The lowest BCUT2D eigenvalue weighted by Crippen LogP contribution is -2.46. The van der Waals surface area contributed by atoms with Crippen LogP contribution in [0.5, 0.6) is 5.75 Å². The maximum Gasteiger partial charge on any atom is 0.317 e. The Morgan fingerprint density at radius 2 is 1.79 bits per heavy atom. The van der Waals surface area contributed by atoms with Gasteiger partial charge >= 0.3 is 12.0 Å². The number of benzene rings is 1. The maximum atomic E-state index is 12.8. The van der Waals surface area contributed by atoms with E-state index in [1.165, 1.54) is 0 Å². The maximum absolute atomic E-state index is 12.8. The van der Waals surface area contributed by atoms with Gasteiger partial charge in [0.25, 0.3) is 0 Å². The van der Waals surface area contributed by atoms with Crippen LogP contribution in [0.25, 0.3) is 0 Å². The zero-order chi connectivity index (χ0) is 20.7. The van der Waals surface area contributed by atoms with Gasteiger partial charge in [0.1, 0.15) is 5.75 Å². The van der Waals surface area contributed by atoms with Crippen molar-refractivity contribution >= 4 is 12.0 Å². The van der Waals surface area contributed by atoms with Crippen molar-refractivity contribution in [2.24, 2.45) is 17.8 Å². The second-order valence-electron chi connectivity index (χ2n) is 8.47. The minimum absolute atomic E-state index is 0.131. The number of rotatable bonds is 8. The largest absolute Gasteiger partial charge is 0.493 e. The fourth-order valence-corrected chi connectivity index (χ4v) is 3.46. The Morgan fingerprint density at radius 1 is 1.14 bits per heavy atom. The summed E-state index contributed by atoms with van der Waals surface area (Å²) in [5, 5.41) is 12.3. The number of para-hydroxylation sites is 1. The number of nitrogens with zero attached hydrogens (tertiary/aromatic N) is 1. The minimum Gasteiger partial charge on any atom is -0.493 e. The first kappa shape index (κ1) is 22.1. The number of hydrogen-bond acceptors (Lipinski definition) is 3. The predicted molar refractivity (Wildman–Crippen MR) is 109 cm³/mol. The highest BCUT2D eigenvalue weighted by Crippen LogP contribution is 2.30. The molecule has 1 aromatic rings. The number of carbonyl (C=O) groups is 2. The normalized spacial score (nSPS) is 16.3. The van der Waals surface area contributed by atoms with E-state index in [1.807, 2.05) is 24.3 Å². The highest BCUT2D eigenvalue weighted by atomic mass is 16.5. The zero-order valence-corrected chi connectivity index (χ0v) is 17.5. The molecule has 1 atom stereocenters. The summed E-state index contributed by atoms with van der Waals surface area (Å²) in [7, 11) is 0. The average molecular weight is 391 g/mol. The quantitative estimate of drug-likeness (QED) is 0.693. The Bertz CT molecular complexity index is 652. The fraction of sp³-hybridized carbons (Fsp3) is 0.636. The fourth-order valence-electron chi connectivity index (χ4n) is 3.46. The standard InChI is InChI=1S/C22H34N2O4/c1-15(2)13-19(18-7-5-6-8-20(18)28-14-16(3)4)23-22(27)24-11-9-17(10-12-24)21(25)26/h5-8,15-17,19H,9-14H2,1-4H3,(H,23,27)(H,25,26). The van der Waals surface area contributed by atoms with Gasteiger partial charge in [-0.25, -0.2) is 4.79 Å². The average Bonchev–Trinajstić information content (AvgIpc) is 2.65. The van der Waals surface area contributed by atoms with E-state index in [0.717, 1.165) is 17.7 Å². The third kappa shape index (κ3) is 6.43. The van der Waals surface area contributed by atoms with E-state index in [1.54, 1.807) is 4.90 Å². The number of carboxylic acids is 1. The highest BCUT2D eigenvalue weighted by molar-refractivity contribution is 5.76. The zero-order valence-electron chi connectivity index (χ0n) is 17.5. The molecule has 1 saturated heterocycles. The van der Waals surface area contributed by atoms with Gasteiger partial charge in [-0.2, -0.15) is 0 Å². The first-order chi connectivity index (χ1) is 13.3. The van der Waals surface area contributed by atoms with Crippen LogP contribution in [-0.2, 0) is 4.79 Å². The van der Waals surface area contributed by atoms with Crippen molar-refractivity contribution in [1.82, 2.24) is 10.2 Å². The van der Waals surface area contributed by atoms with Gasteiger partial charge in [-0.3, -0.25) is 4.79 Å². The van der Waals surface area contributed by atoms with Gasteiger partial charge in [-0.15, -0.1) is 0 Å². The second-order valence-corrected chi connectivity index (χ2v) is 8.47. The van der Waals surface area contributed by atoms with Crippen LogP contribution in [0, 0.1) is 17.8 Å². The molecule has 2 N–H and O–H groups in total. The number of hydrogen-bond donors (Lipinski definition) is 2. The second kappa shape index (κ2) is 10.3. The topological polar surface area (TPSA) is 78.9 Å². The molecule has 1 fully saturated rings. The number of urea groups is 1. The van der Waals surface area contributed by atoms with Crippen LogP contribution < -0.4 is 10.1 Å². The minimum atomic E-state index is -0.769. The molecule has 28 heavy (non-hydrogen) atoms. The first-order valence-electron chi connectivity index (χ1n) is 10.3. The monoisotopic (exact) mass is 390 g/mol. The molecule has 1 heterocycles. The van der Waals surface area contributed by atoms with Crippen LogP contribution in [-0.4, -0.2) is 41.7 Å². The molecule has 0 spiro atoms. The van der Waals surface area contributed by atoms with Gasteiger partial charge < -0.3 is 20.1 Å². The molecule has 1 aliphatic heterocycles. The van der Waals surface area contributed by atoms with Gasteiger partial charge in [-0.1, -0.05) is 45.9 Å². The summed E-state index contributed by atoms with van der Waals surface area (Å²) in [6.45, 7) is 10.1. The van der Waals surface area contributed by atoms with Crippen molar-refractivity contribution in [1.29, 1.82) is 0 Å². The number of aliphatic carboxylic acids is 1. The highest BCUT2D eigenvalue weighted by Gasteiger charge is 2.29. The molecule has 0 bridgehead atoms. The summed E-state index contributed by atoms with van der Waals surface area (Å²) in [4.78, 5) is 25.7. The van der Waals surface area contributed by atoms with Crippen molar-refractivity contribution in [3.8, 4) is 5.75 Å². The number of carbonyl (C=O) groups excluding carboxylic acids is 1. The van der Waals surface area contributed by atoms with Crippen LogP contribution in [0.4, 0.5) is 4.79 Å². The molecule has 2 rings (SSSR count). The van der Waals surface area contributed by atoms with Crippen molar-refractivity contribution in [3.63, 3.8) is 0 Å². The smallest absolute Gasteiger partial charge is 0.317 e. The van der Waals surface area contributed by atoms with Crippen molar-refractivity contribution in [2.75, 3.05) is 19.7 Å². The van der Waals surface area contributed by atoms with E-state index in [0.29, 0.717) is 44.4 Å². The van der Waals surface area contributed by atoms with E-state index >= 15 is 0 Å². The van der Waals surface area contributed by atoms with Crippen LogP contribution >= 0.6 is 0 Å². The lowest BCUT2D eigenvalue weighted by molar-refractivity contribution is -0.143. The van der Waals surface area contributed by atoms with Crippen LogP contribution in [0.15, 0.2) is 24.3 Å². The molecule has 0 saturated carbocycles. The number of amides is 2. The van der Waals surface area contributed by atoms with Crippen molar-refractivity contribution < 1.29 is 19.4 Å². The lowest BCUT2D eigenvalue weighted by atomic mass is 9.95. The summed E-state index contributed by atoms with van der Waals surface area (Å²) in [6.07, 6.45) is 1.82. The van der Waals surface area contributed by atoms with E-state index in [4.69, 9.17) is 9.84 Å². The number of ether oxygens (including phenoxy) is 1. The van der Waals surface area contributed by atoms with Crippen LogP contribution in [0.2, 0.25) is 0 Å². The molecule has 0 aliphatic carbocycles. The molecule has 156 valence electrons. The molecule has 0 aromatic heterocycles. The molecule has 6 nitrogen and oxygen atoms in total. The molecule has 1 aliphatic rings.